The normalized spacial score (nSPS) is 18.8. The van der Waals surface area contributed by atoms with Gasteiger partial charge in [-0.1, -0.05) is 13.3 Å². The van der Waals surface area contributed by atoms with Crippen LogP contribution in [0.4, 0.5) is 0 Å². The van der Waals surface area contributed by atoms with Gasteiger partial charge in [-0.25, -0.2) is 14.6 Å². The molecule has 10 heteroatoms. The summed E-state index contributed by atoms with van der Waals surface area (Å²) in [5, 5.41) is 11.7. The number of carbonyl (C=O) groups is 2. The number of carbonyl (C=O) groups excluding carboxylic acids is 2. The number of unbranched alkanes of at least 4 members (excludes halogenated alkanes) is 1. The van der Waals surface area contributed by atoms with Crippen molar-refractivity contribution in [2.75, 3.05) is 6.54 Å². The predicted molar refractivity (Wildman–Crippen MR) is 131 cm³/mol. The Balaban J connectivity index is 1.48. The first-order chi connectivity index (χ1) is 17.3. The Kier molecular flexibility index (Phi) is 6.11. The molecule has 0 radical (unpaired) electrons. The quantitative estimate of drug-likeness (QED) is 0.197. The second kappa shape index (κ2) is 9.12. The molecule has 188 valence electrons. The van der Waals surface area contributed by atoms with E-state index in [0.717, 1.165) is 23.8 Å². The summed E-state index contributed by atoms with van der Waals surface area (Å²) in [7, 11) is 0. The van der Waals surface area contributed by atoms with Crippen molar-refractivity contribution in [1.82, 2.24) is 9.55 Å². The fourth-order valence-corrected chi connectivity index (χ4v) is 4.85. The predicted octanol–water partition coefficient (Wildman–Crippen LogP) is 1.44. The van der Waals surface area contributed by atoms with Crippen LogP contribution < -0.4 is 21.8 Å². The van der Waals surface area contributed by atoms with Crippen LogP contribution in [0.1, 0.15) is 49.3 Å². The Bertz CT molecular complexity index is 1450. The van der Waals surface area contributed by atoms with E-state index in [2.05, 4.69) is 0 Å². The minimum Gasteiger partial charge on any atom is -0.458 e. The molecule has 2 aromatic heterocycles. The summed E-state index contributed by atoms with van der Waals surface area (Å²) in [6.45, 7) is 2.32. The zero-order chi connectivity index (χ0) is 25.6. The van der Waals surface area contributed by atoms with E-state index in [0.29, 0.717) is 35.6 Å². The maximum absolute atomic E-state index is 13.3. The first-order valence-corrected chi connectivity index (χ1v) is 12.0. The number of benzene rings is 1. The van der Waals surface area contributed by atoms with Gasteiger partial charge in [0.1, 0.15) is 18.4 Å². The lowest BCUT2D eigenvalue weighted by Gasteiger charge is -2.31. The number of aromatic nitrogens is 2. The summed E-state index contributed by atoms with van der Waals surface area (Å²) >= 11 is 0. The molecule has 0 saturated heterocycles. The average Bonchev–Trinajstić information content (AvgIpc) is 3.23. The fourth-order valence-electron chi connectivity index (χ4n) is 4.85. The third-order valence-corrected chi connectivity index (χ3v) is 6.97. The second-order valence-corrected chi connectivity index (χ2v) is 9.27. The van der Waals surface area contributed by atoms with Crippen molar-refractivity contribution in [2.24, 2.45) is 11.5 Å². The van der Waals surface area contributed by atoms with E-state index in [9.17, 15) is 19.5 Å². The maximum atomic E-state index is 13.3. The molecule has 2 atom stereocenters. The lowest BCUT2D eigenvalue weighted by Crippen LogP contribution is -2.44. The van der Waals surface area contributed by atoms with E-state index in [4.69, 9.17) is 25.9 Å². The van der Waals surface area contributed by atoms with E-state index in [1.807, 2.05) is 6.07 Å². The Morgan fingerprint density at radius 2 is 2.08 bits per heavy atom. The minimum absolute atomic E-state index is 0.0813. The van der Waals surface area contributed by atoms with Crippen molar-refractivity contribution in [1.29, 1.82) is 0 Å². The van der Waals surface area contributed by atoms with Crippen molar-refractivity contribution >= 4 is 22.8 Å². The number of nitrogens with two attached hydrogens (primary N) is 2. The van der Waals surface area contributed by atoms with Crippen molar-refractivity contribution in [3.63, 3.8) is 0 Å². The van der Waals surface area contributed by atoms with E-state index in [1.54, 1.807) is 35.8 Å². The number of esters is 2. The number of fused-ring (bicyclic) bond motifs is 5. The number of ether oxygens (including phenoxy) is 2. The Labute approximate surface area is 206 Å². The fraction of sp³-hybridized carbons (Fsp3) is 0.385. The Morgan fingerprint density at radius 1 is 1.28 bits per heavy atom. The Morgan fingerprint density at radius 3 is 2.83 bits per heavy atom. The van der Waals surface area contributed by atoms with Crippen LogP contribution in [0.15, 0.2) is 35.1 Å². The lowest BCUT2D eigenvalue weighted by molar-refractivity contribution is -0.172. The van der Waals surface area contributed by atoms with Crippen LogP contribution in [-0.4, -0.2) is 39.2 Å². The number of aliphatic hydroxyl groups is 1. The third kappa shape index (κ3) is 3.87. The lowest BCUT2D eigenvalue weighted by atomic mass is 9.86. The molecule has 2 aliphatic rings. The van der Waals surface area contributed by atoms with Gasteiger partial charge >= 0.3 is 11.9 Å². The number of pyridine rings is 2. The van der Waals surface area contributed by atoms with Crippen molar-refractivity contribution in [3.05, 3.63) is 57.4 Å². The van der Waals surface area contributed by atoms with Crippen LogP contribution in [-0.2, 0) is 33.1 Å². The topological polar surface area (TPSA) is 160 Å². The van der Waals surface area contributed by atoms with Gasteiger partial charge in [0.15, 0.2) is 5.60 Å². The molecule has 4 heterocycles. The van der Waals surface area contributed by atoms with Crippen LogP contribution in [0, 0.1) is 0 Å². The van der Waals surface area contributed by atoms with Gasteiger partial charge in [0, 0.05) is 16.5 Å². The number of nitrogens with zero attached hydrogens (tertiary/aromatic N) is 2. The monoisotopic (exact) mass is 492 g/mol. The summed E-state index contributed by atoms with van der Waals surface area (Å²) in [6, 6.07) is 7.94. The number of hydrogen-bond acceptors (Lipinski definition) is 9. The van der Waals surface area contributed by atoms with Gasteiger partial charge in [-0.05, 0) is 56.1 Å². The van der Waals surface area contributed by atoms with Crippen LogP contribution >= 0.6 is 0 Å². The molecule has 1 unspecified atom stereocenters. The first-order valence-electron chi connectivity index (χ1n) is 12.0. The van der Waals surface area contributed by atoms with Gasteiger partial charge in [-0.2, -0.15) is 0 Å². The van der Waals surface area contributed by atoms with Crippen LogP contribution in [0.25, 0.3) is 22.3 Å². The molecular weight excluding hydrogens is 464 g/mol. The highest BCUT2D eigenvalue weighted by Gasteiger charge is 2.45. The van der Waals surface area contributed by atoms with E-state index in [-0.39, 0.29) is 36.3 Å². The average molecular weight is 493 g/mol. The van der Waals surface area contributed by atoms with E-state index >= 15 is 0 Å². The highest BCUT2D eigenvalue weighted by Crippen LogP contribution is 2.38. The Hall–Kier alpha value is -3.60. The van der Waals surface area contributed by atoms with Crippen molar-refractivity contribution in [2.45, 2.75) is 57.4 Å². The van der Waals surface area contributed by atoms with Crippen LogP contribution in [0.2, 0.25) is 0 Å². The third-order valence-electron chi connectivity index (χ3n) is 6.97. The van der Waals surface area contributed by atoms with Crippen LogP contribution in [0.5, 0.6) is 5.75 Å². The number of hydrogen-bond donors (Lipinski definition) is 3. The zero-order valence-corrected chi connectivity index (χ0v) is 20.0. The smallest absolute Gasteiger partial charge is 0.343 e. The van der Waals surface area contributed by atoms with Crippen molar-refractivity contribution < 1.29 is 24.2 Å². The number of cyclic esters (lactones) is 1. The summed E-state index contributed by atoms with van der Waals surface area (Å²) < 4.78 is 12.2. The minimum atomic E-state index is -1.87. The second-order valence-electron chi connectivity index (χ2n) is 9.27. The summed E-state index contributed by atoms with van der Waals surface area (Å²) in [5.41, 5.74) is 12.4. The van der Waals surface area contributed by atoms with Gasteiger partial charge in [0.25, 0.3) is 5.56 Å². The van der Waals surface area contributed by atoms with Gasteiger partial charge in [0.05, 0.1) is 29.0 Å². The van der Waals surface area contributed by atoms with E-state index < -0.39 is 23.6 Å². The molecule has 0 saturated carbocycles. The molecule has 5 N–H and O–H groups in total. The molecule has 0 fully saturated rings. The molecular formula is C26H28N4O6. The molecule has 0 spiro atoms. The highest BCUT2D eigenvalue weighted by atomic mass is 16.6. The van der Waals surface area contributed by atoms with Crippen molar-refractivity contribution in [3.8, 4) is 17.1 Å². The van der Waals surface area contributed by atoms with Gasteiger partial charge in [-0.3, -0.25) is 4.79 Å². The standard InChI is InChI=1S/C26H28N4O6/c1-2-26(34)18-11-21-22-15(12-30(21)23(31)17(18)13-35-25(26)33)9-14-10-16(6-7-20(14)29-22)36-24(32)19(28)5-3-4-8-27/h6-7,9-11,19,34H,2-5,8,12-13,27-28H2,1H3/t19-,26?/m0/s1. The highest BCUT2D eigenvalue weighted by molar-refractivity contribution is 5.87. The molecule has 2 aliphatic heterocycles. The van der Waals surface area contributed by atoms with E-state index in [1.165, 1.54) is 0 Å². The maximum Gasteiger partial charge on any atom is 0.343 e. The molecule has 1 aromatic carbocycles. The zero-order valence-electron chi connectivity index (χ0n) is 20.0. The van der Waals surface area contributed by atoms with Gasteiger partial charge in [0.2, 0.25) is 0 Å². The largest absolute Gasteiger partial charge is 0.458 e. The summed E-state index contributed by atoms with van der Waals surface area (Å²) in [5.74, 6) is -0.909. The molecule has 3 aromatic rings. The van der Waals surface area contributed by atoms with Gasteiger partial charge in [-0.15, -0.1) is 0 Å². The van der Waals surface area contributed by atoms with Crippen LogP contribution in [0.3, 0.4) is 0 Å². The summed E-state index contributed by atoms with van der Waals surface area (Å²) in [4.78, 5) is 42.7. The molecule has 0 amide bonds. The molecule has 10 nitrogen and oxygen atoms in total. The first kappa shape index (κ1) is 24.1. The molecule has 0 aliphatic carbocycles. The molecule has 5 rings (SSSR count). The van der Waals surface area contributed by atoms with Gasteiger partial charge < -0.3 is 30.6 Å². The summed E-state index contributed by atoms with van der Waals surface area (Å²) in [6.07, 6.45) is 2.13. The molecule has 36 heavy (non-hydrogen) atoms. The number of rotatable bonds is 7. The molecule has 0 bridgehead atoms. The SMILES string of the molecule is CCC1(O)C(=O)OCc2c1cc1n(c2=O)Cc2cc3cc(OC(=O)[C@@H](N)CCCCN)ccc3nc2-1.